The number of nitrogens with zero attached hydrogens (tertiary/aromatic N) is 4. The van der Waals surface area contributed by atoms with Crippen molar-refractivity contribution >= 4 is 5.91 Å². The SMILES string of the molecule is CN1CCN(CC2(O)CCN(C(=O)CCc3cccnc3)C2)CC1. The van der Waals surface area contributed by atoms with E-state index in [9.17, 15) is 9.90 Å². The number of likely N-dealkylation sites (tertiary alicyclic amines) is 1. The Morgan fingerprint density at radius 2 is 2.08 bits per heavy atom. The van der Waals surface area contributed by atoms with Crippen LogP contribution in [0, 0.1) is 0 Å². The van der Waals surface area contributed by atoms with Gasteiger partial charge in [0, 0.05) is 58.1 Å². The molecule has 1 aromatic rings. The number of hydrogen-bond donors (Lipinski definition) is 1. The van der Waals surface area contributed by atoms with E-state index in [1.807, 2.05) is 17.0 Å². The summed E-state index contributed by atoms with van der Waals surface area (Å²) in [4.78, 5) is 23.0. The minimum absolute atomic E-state index is 0.133. The van der Waals surface area contributed by atoms with Crippen LogP contribution in [0.4, 0.5) is 0 Å². The summed E-state index contributed by atoms with van der Waals surface area (Å²) in [7, 11) is 2.13. The predicted molar refractivity (Wildman–Crippen MR) is 92.6 cm³/mol. The van der Waals surface area contributed by atoms with Gasteiger partial charge >= 0.3 is 0 Å². The summed E-state index contributed by atoms with van der Waals surface area (Å²) in [5.41, 5.74) is 0.331. The van der Waals surface area contributed by atoms with Crippen molar-refractivity contribution in [2.75, 3.05) is 52.9 Å². The summed E-state index contributed by atoms with van der Waals surface area (Å²) < 4.78 is 0. The maximum Gasteiger partial charge on any atom is 0.223 e. The van der Waals surface area contributed by atoms with Crippen molar-refractivity contribution in [2.24, 2.45) is 0 Å². The lowest BCUT2D eigenvalue weighted by Crippen LogP contribution is -2.52. The van der Waals surface area contributed by atoms with E-state index in [0.29, 0.717) is 38.9 Å². The van der Waals surface area contributed by atoms with E-state index in [2.05, 4.69) is 21.8 Å². The van der Waals surface area contributed by atoms with Crippen molar-refractivity contribution in [3.05, 3.63) is 30.1 Å². The van der Waals surface area contributed by atoms with Crippen molar-refractivity contribution in [1.29, 1.82) is 0 Å². The zero-order chi connectivity index (χ0) is 17.0. The highest BCUT2D eigenvalue weighted by molar-refractivity contribution is 5.76. The molecule has 0 spiro atoms. The Morgan fingerprint density at radius 3 is 2.79 bits per heavy atom. The molecule has 0 saturated carbocycles. The number of carbonyl (C=O) groups excluding carboxylic acids is 1. The molecule has 24 heavy (non-hydrogen) atoms. The summed E-state index contributed by atoms with van der Waals surface area (Å²) in [6.45, 7) is 5.88. The molecule has 2 saturated heterocycles. The summed E-state index contributed by atoms with van der Waals surface area (Å²) in [6, 6.07) is 3.89. The molecule has 2 aliphatic heterocycles. The summed E-state index contributed by atoms with van der Waals surface area (Å²) in [6.07, 6.45) is 5.42. The van der Waals surface area contributed by atoms with Gasteiger partial charge in [0.05, 0.1) is 12.1 Å². The molecule has 6 nitrogen and oxygen atoms in total. The van der Waals surface area contributed by atoms with Gasteiger partial charge in [-0.1, -0.05) is 6.07 Å². The number of carbonyl (C=O) groups is 1. The van der Waals surface area contributed by atoms with Gasteiger partial charge in [0.15, 0.2) is 0 Å². The van der Waals surface area contributed by atoms with Gasteiger partial charge in [-0.15, -0.1) is 0 Å². The van der Waals surface area contributed by atoms with Crippen molar-refractivity contribution in [3.8, 4) is 0 Å². The molecule has 0 aliphatic carbocycles. The lowest BCUT2D eigenvalue weighted by atomic mass is 10.0. The average Bonchev–Trinajstić information content (AvgIpc) is 2.98. The van der Waals surface area contributed by atoms with Gasteiger partial charge in [-0.25, -0.2) is 0 Å². The van der Waals surface area contributed by atoms with Crippen molar-refractivity contribution in [1.82, 2.24) is 19.7 Å². The van der Waals surface area contributed by atoms with Crippen LogP contribution in [-0.4, -0.2) is 89.2 Å². The number of piperazine rings is 1. The van der Waals surface area contributed by atoms with Gasteiger partial charge in [0.25, 0.3) is 0 Å². The molecule has 1 unspecified atom stereocenters. The van der Waals surface area contributed by atoms with Crippen LogP contribution in [0.1, 0.15) is 18.4 Å². The second-order valence-corrected chi connectivity index (χ2v) is 7.23. The monoisotopic (exact) mass is 332 g/mol. The molecule has 2 fully saturated rings. The maximum absolute atomic E-state index is 12.4. The molecule has 1 amide bonds. The number of hydrogen-bond acceptors (Lipinski definition) is 5. The third-order valence-corrected chi connectivity index (χ3v) is 5.15. The lowest BCUT2D eigenvalue weighted by Gasteiger charge is -2.36. The Morgan fingerprint density at radius 1 is 1.29 bits per heavy atom. The molecule has 0 bridgehead atoms. The second-order valence-electron chi connectivity index (χ2n) is 7.23. The molecule has 3 heterocycles. The number of pyridine rings is 1. The van der Waals surface area contributed by atoms with Crippen LogP contribution in [0.15, 0.2) is 24.5 Å². The fourth-order valence-corrected chi connectivity index (χ4v) is 3.58. The normalized spacial score (nSPS) is 26.0. The highest BCUT2D eigenvalue weighted by Gasteiger charge is 2.39. The lowest BCUT2D eigenvalue weighted by molar-refractivity contribution is -0.131. The minimum atomic E-state index is -0.750. The smallest absolute Gasteiger partial charge is 0.223 e. The first-order valence-corrected chi connectivity index (χ1v) is 8.84. The van der Waals surface area contributed by atoms with Gasteiger partial charge < -0.3 is 14.9 Å². The van der Waals surface area contributed by atoms with Crippen LogP contribution < -0.4 is 0 Å². The zero-order valence-corrected chi connectivity index (χ0v) is 14.5. The number of aryl methyl sites for hydroxylation is 1. The van der Waals surface area contributed by atoms with Gasteiger partial charge in [-0.3, -0.25) is 14.7 Å². The van der Waals surface area contributed by atoms with Gasteiger partial charge in [0.2, 0.25) is 5.91 Å². The van der Waals surface area contributed by atoms with Crippen LogP contribution in [0.5, 0.6) is 0 Å². The minimum Gasteiger partial charge on any atom is -0.387 e. The number of aliphatic hydroxyl groups is 1. The Hall–Kier alpha value is -1.50. The fourth-order valence-electron chi connectivity index (χ4n) is 3.58. The van der Waals surface area contributed by atoms with Crippen molar-refractivity contribution in [3.63, 3.8) is 0 Å². The Balaban J connectivity index is 1.46. The third-order valence-electron chi connectivity index (χ3n) is 5.15. The van der Waals surface area contributed by atoms with Crippen LogP contribution in [0.25, 0.3) is 0 Å². The summed E-state index contributed by atoms with van der Waals surface area (Å²) in [5.74, 6) is 0.133. The first-order chi connectivity index (χ1) is 11.5. The van der Waals surface area contributed by atoms with E-state index in [0.717, 1.165) is 31.7 Å². The van der Waals surface area contributed by atoms with Crippen LogP contribution in [0.2, 0.25) is 0 Å². The molecular weight excluding hydrogens is 304 g/mol. The van der Waals surface area contributed by atoms with Crippen LogP contribution in [0.3, 0.4) is 0 Å². The van der Waals surface area contributed by atoms with E-state index in [-0.39, 0.29) is 5.91 Å². The number of rotatable bonds is 5. The first kappa shape index (κ1) is 17.3. The number of aromatic nitrogens is 1. The third kappa shape index (κ3) is 4.53. The summed E-state index contributed by atoms with van der Waals surface area (Å²) >= 11 is 0. The van der Waals surface area contributed by atoms with E-state index < -0.39 is 5.60 Å². The average molecular weight is 332 g/mol. The molecule has 2 aliphatic rings. The Labute approximate surface area is 144 Å². The van der Waals surface area contributed by atoms with Crippen molar-refractivity contribution < 1.29 is 9.90 Å². The highest BCUT2D eigenvalue weighted by Crippen LogP contribution is 2.24. The molecule has 3 rings (SSSR count). The standard InChI is InChI=1S/C18H28N4O2/c1-20-9-11-21(12-10-20)14-18(24)6-8-22(15-18)17(23)5-4-16-3-2-7-19-13-16/h2-3,7,13,24H,4-6,8-12,14-15H2,1H3. The predicted octanol–water partition coefficient (Wildman–Crippen LogP) is 0.225. The largest absolute Gasteiger partial charge is 0.387 e. The van der Waals surface area contributed by atoms with Gasteiger partial charge in [-0.05, 0) is 31.5 Å². The fraction of sp³-hybridized carbons (Fsp3) is 0.667. The van der Waals surface area contributed by atoms with Gasteiger partial charge in [-0.2, -0.15) is 0 Å². The first-order valence-electron chi connectivity index (χ1n) is 8.84. The van der Waals surface area contributed by atoms with E-state index in [4.69, 9.17) is 0 Å². The Kier molecular flexibility index (Phi) is 5.48. The number of likely N-dealkylation sites (N-methyl/N-ethyl adjacent to an activating group) is 1. The molecule has 1 aromatic heterocycles. The van der Waals surface area contributed by atoms with Crippen LogP contribution >= 0.6 is 0 Å². The van der Waals surface area contributed by atoms with Crippen LogP contribution in [-0.2, 0) is 11.2 Å². The van der Waals surface area contributed by atoms with Gasteiger partial charge in [0.1, 0.15) is 0 Å². The maximum atomic E-state index is 12.4. The molecule has 6 heteroatoms. The molecule has 132 valence electrons. The van der Waals surface area contributed by atoms with Crippen molar-refractivity contribution in [2.45, 2.75) is 24.9 Å². The Bertz CT molecular complexity index is 545. The highest BCUT2D eigenvalue weighted by atomic mass is 16.3. The topological polar surface area (TPSA) is 59.9 Å². The van der Waals surface area contributed by atoms with E-state index >= 15 is 0 Å². The molecule has 1 atom stereocenters. The number of β-amino-alcohol motifs (C(OH)–C–C–N with tert-alkyl or cyclic N) is 1. The second kappa shape index (κ2) is 7.59. The van der Waals surface area contributed by atoms with E-state index in [1.54, 1.807) is 12.4 Å². The molecule has 0 aromatic carbocycles. The summed E-state index contributed by atoms with van der Waals surface area (Å²) in [5, 5.41) is 10.9. The molecular formula is C18H28N4O2. The molecule has 1 N–H and O–H groups in total. The number of amides is 1. The molecule has 0 radical (unpaired) electrons. The van der Waals surface area contributed by atoms with E-state index in [1.165, 1.54) is 0 Å². The zero-order valence-electron chi connectivity index (χ0n) is 14.5. The quantitative estimate of drug-likeness (QED) is 0.836.